The lowest BCUT2D eigenvalue weighted by molar-refractivity contribution is -0.148. The molecule has 168 valence electrons. The molecule has 1 amide bonds. The summed E-state index contributed by atoms with van der Waals surface area (Å²) in [5.41, 5.74) is 8.92. The van der Waals surface area contributed by atoms with Crippen LogP contribution in [0.25, 0.3) is 17.2 Å². The van der Waals surface area contributed by atoms with Gasteiger partial charge in [-0.2, -0.15) is 0 Å². The third-order valence-electron chi connectivity index (χ3n) is 4.68. The van der Waals surface area contributed by atoms with E-state index in [1.54, 1.807) is 42.5 Å². The van der Waals surface area contributed by atoms with Gasteiger partial charge in [0.25, 0.3) is 5.91 Å². The number of hydrogen-bond acceptors (Lipinski definition) is 4. The summed E-state index contributed by atoms with van der Waals surface area (Å²) in [6, 6.07) is 21.6. The molecule has 3 rings (SSSR count). The molecule has 0 aliphatic heterocycles. The average Bonchev–Trinajstić information content (AvgIpc) is 2.77. The van der Waals surface area contributed by atoms with E-state index in [1.807, 2.05) is 57.2 Å². The van der Waals surface area contributed by atoms with E-state index in [0.717, 1.165) is 16.7 Å². The lowest BCUT2D eigenvalue weighted by atomic mass is 9.94. The van der Waals surface area contributed by atoms with Crippen LogP contribution < -0.4 is 11.1 Å². The highest BCUT2D eigenvalue weighted by molar-refractivity contribution is 6.09. The zero-order valence-electron chi connectivity index (χ0n) is 18.9. The van der Waals surface area contributed by atoms with E-state index in [0.29, 0.717) is 16.8 Å². The molecule has 6 nitrogen and oxygen atoms in total. The molecule has 0 fully saturated rings. The summed E-state index contributed by atoms with van der Waals surface area (Å²) in [5, 5.41) is 10.4. The van der Waals surface area contributed by atoms with Crippen LogP contribution in [0.2, 0.25) is 0 Å². The molecule has 0 atom stereocenters. The number of hydrogen-bond donors (Lipinski definition) is 3. The second kappa shape index (κ2) is 9.96. The Kier molecular flexibility index (Phi) is 7.08. The minimum absolute atomic E-state index is 0.0331. The third kappa shape index (κ3) is 6.40. The van der Waals surface area contributed by atoms with Crippen LogP contribution in [0, 0.1) is 5.41 Å². The van der Waals surface area contributed by atoms with E-state index in [4.69, 9.17) is 15.9 Å². The van der Waals surface area contributed by atoms with E-state index in [9.17, 15) is 9.59 Å². The number of nitrogen functional groups attached to an aromatic ring is 1. The maximum Gasteiger partial charge on any atom is 0.331 e. The van der Waals surface area contributed by atoms with Crippen LogP contribution in [0.15, 0.2) is 78.9 Å². The number of esters is 1. The number of anilines is 1. The van der Waals surface area contributed by atoms with Gasteiger partial charge in [-0.1, -0.05) is 42.5 Å². The number of rotatable bonds is 6. The quantitative estimate of drug-likeness (QED) is 0.210. The highest BCUT2D eigenvalue weighted by Gasteiger charge is 2.16. The molecule has 0 aliphatic rings. The molecule has 0 heterocycles. The fourth-order valence-corrected chi connectivity index (χ4v) is 3.23. The molecule has 33 heavy (non-hydrogen) atoms. The number of nitrogens with one attached hydrogen (secondary N) is 2. The molecule has 0 unspecified atom stereocenters. The van der Waals surface area contributed by atoms with E-state index >= 15 is 0 Å². The van der Waals surface area contributed by atoms with Gasteiger partial charge in [-0.25, -0.2) is 4.79 Å². The largest absolute Gasteiger partial charge is 0.457 e. The van der Waals surface area contributed by atoms with Crippen LogP contribution in [-0.4, -0.2) is 23.3 Å². The Morgan fingerprint density at radius 3 is 2.15 bits per heavy atom. The van der Waals surface area contributed by atoms with Crippen molar-refractivity contribution in [3.8, 4) is 11.1 Å². The number of ether oxygens (including phenoxy) is 1. The number of amides is 1. The predicted octanol–water partition coefficient (Wildman–Crippen LogP) is 5.24. The fraction of sp³-hybridized carbons (Fsp3) is 0.148. The van der Waals surface area contributed by atoms with Crippen molar-refractivity contribution >= 4 is 29.5 Å². The average molecular weight is 442 g/mol. The van der Waals surface area contributed by atoms with Crippen LogP contribution in [0.1, 0.15) is 42.3 Å². The van der Waals surface area contributed by atoms with Crippen molar-refractivity contribution in [3.05, 3.63) is 95.6 Å². The van der Waals surface area contributed by atoms with E-state index < -0.39 is 11.6 Å². The number of benzene rings is 3. The molecule has 0 spiro atoms. The van der Waals surface area contributed by atoms with Gasteiger partial charge in [0.05, 0.1) is 0 Å². The van der Waals surface area contributed by atoms with Crippen LogP contribution in [-0.2, 0) is 9.53 Å². The second-order valence-electron chi connectivity index (χ2n) is 8.44. The summed E-state index contributed by atoms with van der Waals surface area (Å²) in [6.45, 7) is 5.44. The van der Waals surface area contributed by atoms with Crippen molar-refractivity contribution in [2.24, 2.45) is 5.73 Å². The SMILES string of the molecule is CC(C)(C)OC(=O)C=Cc1ccccc1-c1ccccc1C(=O)Nc1ccc(C(=N)N)cc1. The van der Waals surface area contributed by atoms with Gasteiger partial charge >= 0.3 is 5.97 Å². The molecular weight excluding hydrogens is 414 g/mol. The van der Waals surface area contributed by atoms with Gasteiger partial charge < -0.3 is 15.8 Å². The predicted molar refractivity (Wildman–Crippen MR) is 132 cm³/mol. The summed E-state index contributed by atoms with van der Waals surface area (Å²) in [5.74, 6) is -0.737. The number of carbonyl (C=O) groups excluding carboxylic acids is 2. The molecular formula is C27H27N3O3. The first kappa shape index (κ1) is 23.5. The van der Waals surface area contributed by atoms with Gasteiger partial charge in [-0.15, -0.1) is 0 Å². The number of nitrogens with two attached hydrogens (primary N) is 1. The standard InChI is InChI=1S/C27H27N3O3/c1-27(2,3)33-24(31)17-14-18-8-4-5-9-21(18)22-10-6-7-11-23(22)26(32)30-20-15-12-19(13-16-20)25(28)29/h4-17H,1-3H3,(H3,28,29)(H,30,32). The Labute approximate surface area is 193 Å². The molecule has 0 saturated carbocycles. The lowest BCUT2D eigenvalue weighted by Gasteiger charge is -2.18. The zero-order chi connectivity index (χ0) is 24.0. The van der Waals surface area contributed by atoms with Gasteiger partial charge in [0.15, 0.2) is 0 Å². The minimum atomic E-state index is -0.575. The van der Waals surface area contributed by atoms with Gasteiger partial charge in [-0.05, 0) is 73.9 Å². The Bertz CT molecular complexity index is 1210. The first-order chi connectivity index (χ1) is 15.6. The third-order valence-corrected chi connectivity index (χ3v) is 4.68. The smallest absolute Gasteiger partial charge is 0.331 e. The molecule has 0 bridgehead atoms. The number of carbonyl (C=O) groups is 2. The van der Waals surface area contributed by atoms with Crippen molar-refractivity contribution < 1.29 is 14.3 Å². The topological polar surface area (TPSA) is 105 Å². The Hall–Kier alpha value is -4.19. The second-order valence-corrected chi connectivity index (χ2v) is 8.44. The van der Waals surface area contributed by atoms with E-state index in [1.165, 1.54) is 6.08 Å². The first-order valence-electron chi connectivity index (χ1n) is 10.5. The molecule has 0 aliphatic carbocycles. The molecule has 4 N–H and O–H groups in total. The van der Waals surface area contributed by atoms with E-state index in [-0.39, 0.29) is 11.7 Å². The fourth-order valence-electron chi connectivity index (χ4n) is 3.23. The van der Waals surface area contributed by atoms with Crippen molar-refractivity contribution in [3.63, 3.8) is 0 Å². The van der Waals surface area contributed by atoms with Crippen LogP contribution in [0.4, 0.5) is 5.69 Å². The highest BCUT2D eigenvalue weighted by Crippen LogP contribution is 2.29. The molecule has 3 aromatic carbocycles. The van der Waals surface area contributed by atoms with Crippen molar-refractivity contribution in [1.29, 1.82) is 5.41 Å². The zero-order valence-corrected chi connectivity index (χ0v) is 18.9. The normalized spacial score (nSPS) is 11.2. The summed E-state index contributed by atoms with van der Waals surface area (Å²) >= 11 is 0. The number of amidine groups is 1. The Morgan fingerprint density at radius 1 is 0.909 bits per heavy atom. The van der Waals surface area contributed by atoms with Crippen LogP contribution in [0.5, 0.6) is 0 Å². The Morgan fingerprint density at radius 2 is 1.52 bits per heavy atom. The summed E-state index contributed by atoms with van der Waals surface area (Å²) in [6.07, 6.45) is 3.09. The maximum atomic E-state index is 13.1. The highest BCUT2D eigenvalue weighted by atomic mass is 16.6. The molecule has 0 radical (unpaired) electrons. The molecule has 0 saturated heterocycles. The lowest BCUT2D eigenvalue weighted by Crippen LogP contribution is -2.22. The van der Waals surface area contributed by atoms with Crippen molar-refractivity contribution in [2.45, 2.75) is 26.4 Å². The van der Waals surface area contributed by atoms with Gasteiger partial charge in [0.1, 0.15) is 11.4 Å². The first-order valence-corrected chi connectivity index (χ1v) is 10.5. The minimum Gasteiger partial charge on any atom is -0.457 e. The summed E-state index contributed by atoms with van der Waals surface area (Å²) in [4.78, 5) is 25.2. The van der Waals surface area contributed by atoms with Crippen molar-refractivity contribution in [1.82, 2.24) is 0 Å². The van der Waals surface area contributed by atoms with E-state index in [2.05, 4.69) is 5.32 Å². The molecule has 0 aromatic heterocycles. The van der Waals surface area contributed by atoms with Crippen molar-refractivity contribution in [2.75, 3.05) is 5.32 Å². The molecule has 6 heteroatoms. The van der Waals surface area contributed by atoms with Gasteiger partial charge in [0.2, 0.25) is 0 Å². The monoisotopic (exact) mass is 441 g/mol. The summed E-state index contributed by atoms with van der Waals surface area (Å²) in [7, 11) is 0. The van der Waals surface area contributed by atoms with Gasteiger partial charge in [-0.3, -0.25) is 10.2 Å². The molecule has 3 aromatic rings. The Balaban J connectivity index is 1.89. The van der Waals surface area contributed by atoms with Crippen LogP contribution >= 0.6 is 0 Å². The summed E-state index contributed by atoms with van der Waals surface area (Å²) < 4.78 is 5.35. The van der Waals surface area contributed by atoms with Gasteiger partial charge in [0, 0.05) is 22.9 Å². The maximum absolute atomic E-state index is 13.1. The van der Waals surface area contributed by atoms with Crippen LogP contribution in [0.3, 0.4) is 0 Å².